The molecule has 0 aliphatic carbocycles. The van der Waals surface area contributed by atoms with Gasteiger partial charge in [0.1, 0.15) is 6.42 Å². The molecule has 1 fully saturated rings. The SMILES string of the molecule is Cc1ccc(NC(=O)CC(=O)N2CC[C@H](c3sccc3C)[C@@H](O)C2)cc1. The van der Waals surface area contributed by atoms with Crippen molar-refractivity contribution < 1.29 is 14.7 Å². The maximum Gasteiger partial charge on any atom is 0.233 e. The van der Waals surface area contributed by atoms with Gasteiger partial charge in [0.25, 0.3) is 0 Å². The van der Waals surface area contributed by atoms with Crippen LogP contribution in [0.1, 0.15) is 34.8 Å². The van der Waals surface area contributed by atoms with Gasteiger partial charge in [-0.3, -0.25) is 9.59 Å². The molecule has 1 aliphatic rings. The van der Waals surface area contributed by atoms with Crippen LogP contribution >= 0.6 is 11.3 Å². The van der Waals surface area contributed by atoms with Gasteiger partial charge in [-0.2, -0.15) is 0 Å². The van der Waals surface area contributed by atoms with Crippen LogP contribution in [0, 0.1) is 13.8 Å². The highest BCUT2D eigenvalue weighted by Crippen LogP contribution is 2.34. The number of anilines is 1. The third-order valence-electron chi connectivity index (χ3n) is 4.82. The van der Waals surface area contributed by atoms with Crippen LogP contribution in [-0.2, 0) is 9.59 Å². The predicted molar refractivity (Wildman–Crippen MR) is 103 cm³/mol. The number of nitrogens with zero attached hydrogens (tertiary/aromatic N) is 1. The van der Waals surface area contributed by atoms with Gasteiger partial charge in [0.15, 0.2) is 0 Å². The molecule has 0 saturated carbocycles. The maximum absolute atomic E-state index is 12.4. The Bertz CT molecular complexity index is 785. The Morgan fingerprint density at radius 1 is 1.23 bits per heavy atom. The fourth-order valence-electron chi connectivity index (χ4n) is 3.32. The molecule has 1 aliphatic heterocycles. The molecule has 2 atom stereocenters. The molecule has 0 unspecified atom stereocenters. The Hall–Kier alpha value is -2.18. The molecule has 138 valence electrons. The van der Waals surface area contributed by atoms with Crippen molar-refractivity contribution in [2.24, 2.45) is 0 Å². The summed E-state index contributed by atoms with van der Waals surface area (Å²) in [4.78, 5) is 27.3. The van der Waals surface area contributed by atoms with Crippen LogP contribution in [0.5, 0.6) is 0 Å². The van der Waals surface area contributed by atoms with Gasteiger partial charge in [-0.05, 0) is 49.4 Å². The van der Waals surface area contributed by atoms with E-state index in [9.17, 15) is 14.7 Å². The first-order chi connectivity index (χ1) is 12.4. The lowest BCUT2D eigenvalue weighted by Gasteiger charge is -2.36. The normalized spacial score (nSPS) is 20.0. The number of aryl methyl sites for hydroxylation is 2. The number of aliphatic hydroxyl groups excluding tert-OH is 1. The van der Waals surface area contributed by atoms with Crippen LogP contribution in [0.4, 0.5) is 5.69 Å². The van der Waals surface area contributed by atoms with Crippen LogP contribution in [0.3, 0.4) is 0 Å². The van der Waals surface area contributed by atoms with Crippen molar-refractivity contribution in [2.75, 3.05) is 18.4 Å². The summed E-state index contributed by atoms with van der Waals surface area (Å²) in [5, 5.41) is 15.3. The molecule has 2 aromatic rings. The summed E-state index contributed by atoms with van der Waals surface area (Å²) < 4.78 is 0. The summed E-state index contributed by atoms with van der Waals surface area (Å²) in [6.07, 6.45) is -0.0814. The van der Waals surface area contributed by atoms with Gasteiger partial charge in [-0.15, -0.1) is 11.3 Å². The summed E-state index contributed by atoms with van der Waals surface area (Å²) >= 11 is 1.65. The lowest BCUT2D eigenvalue weighted by atomic mass is 9.90. The van der Waals surface area contributed by atoms with Crippen molar-refractivity contribution in [2.45, 2.75) is 38.7 Å². The predicted octanol–water partition coefficient (Wildman–Crippen LogP) is 3.07. The first-order valence-electron chi connectivity index (χ1n) is 8.80. The molecule has 0 spiro atoms. The van der Waals surface area contributed by atoms with Crippen molar-refractivity contribution in [3.8, 4) is 0 Å². The Balaban J connectivity index is 1.53. The minimum atomic E-state index is -0.592. The van der Waals surface area contributed by atoms with E-state index in [4.69, 9.17) is 0 Å². The Labute approximate surface area is 157 Å². The van der Waals surface area contributed by atoms with Gasteiger partial charge < -0.3 is 15.3 Å². The molecule has 0 radical (unpaired) electrons. The van der Waals surface area contributed by atoms with E-state index in [1.807, 2.05) is 43.5 Å². The van der Waals surface area contributed by atoms with Crippen molar-refractivity contribution in [1.29, 1.82) is 0 Å². The third kappa shape index (κ3) is 4.31. The number of amides is 2. The summed E-state index contributed by atoms with van der Waals surface area (Å²) in [5.41, 5.74) is 2.98. The summed E-state index contributed by atoms with van der Waals surface area (Å²) in [6.45, 7) is 4.86. The Kier molecular flexibility index (Phi) is 5.74. The van der Waals surface area contributed by atoms with Crippen LogP contribution in [0.15, 0.2) is 35.7 Å². The van der Waals surface area contributed by atoms with E-state index in [1.54, 1.807) is 16.2 Å². The van der Waals surface area contributed by atoms with E-state index in [0.717, 1.165) is 5.56 Å². The van der Waals surface area contributed by atoms with Crippen LogP contribution in [0.2, 0.25) is 0 Å². The average molecular weight is 372 g/mol. The smallest absolute Gasteiger partial charge is 0.233 e. The molecule has 5 nitrogen and oxygen atoms in total. The van der Waals surface area contributed by atoms with Crippen LogP contribution < -0.4 is 5.32 Å². The third-order valence-corrected chi connectivity index (χ3v) is 5.97. The number of nitrogens with one attached hydrogen (secondary N) is 1. The zero-order valence-corrected chi connectivity index (χ0v) is 15.9. The Morgan fingerprint density at radius 2 is 1.96 bits per heavy atom. The van der Waals surface area contributed by atoms with E-state index in [-0.39, 0.29) is 30.7 Å². The minimum Gasteiger partial charge on any atom is -0.391 e. The maximum atomic E-state index is 12.4. The molecule has 3 rings (SSSR count). The van der Waals surface area contributed by atoms with Crippen molar-refractivity contribution in [3.63, 3.8) is 0 Å². The van der Waals surface area contributed by atoms with E-state index < -0.39 is 6.10 Å². The highest BCUT2D eigenvalue weighted by Gasteiger charge is 2.32. The number of β-amino-alcohol motifs (C(OH)–C–C–N with tert-alkyl or cyclic N) is 1. The van der Waals surface area contributed by atoms with Gasteiger partial charge in [-0.25, -0.2) is 0 Å². The first kappa shape index (κ1) is 18.6. The number of hydrogen-bond donors (Lipinski definition) is 2. The number of rotatable bonds is 4. The summed E-state index contributed by atoms with van der Waals surface area (Å²) in [6, 6.07) is 9.50. The van der Waals surface area contributed by atoms with E-state index >= 15 is 0 Å². The summed E-state index contributed by atoms with van der Waals surface area (Å²) in [7, 11) is 0. The van der Waals surface area contributed by atoms with Crippen molar-refractivity contribution >= 4 is 28.8 Å². The molecule has 2 heterocycles. The first-order valence-corrected chi connectivity index (χ1v) is 9.68. The largest absolute Gasteiger partial charge is 0.391 e. The topological polar surface area (TPSA) is 69.6 Å². The highest BCUT2D eigenvalue weighted by atomic mass is 32.1. The van der Waals surface area contributed by atoms with Gasteiger partial charge in [0.2, 0.25) is 11.8 Å². The molecule has 6 heteroatoms. The lowest BCUT2D eigenvalue weighted by Crippen LogP contribution is -2.46. The quantitative estimate of drug-likeness (QED) is 0.811. The summed E-state index contributed by atoms with van der Waals surface area (Å²) in [5.74, 6) is -0.500. The number of likely N-dealkylation sites (tertiary alicyclic amines) is 1. The van der Waals surface area contributed by atoms with Crippen LogP contribution in [0.25, 0.3) is 0 Å². The lowest BCUT2D eigenvalue weighted by molar-refractivity contribution is -0.137. The van der Waals surface area contributed by atoms with Crippen molar-refractivity contribution in [1.82, 2.24) is 4.90 Å². The number of carbonyl (C=O) groups excluding carboxylic acids is 2. The zero-order valence-electron chi connectivity index (χ0n) is 15.1. The number of piperidine rings is 1. The standard InChI is InChI=1S/C20H24N2O3S/c1-13-3-5-15(6-4-13)21-18(24)11-19(25)22-9-7-16(17(23)12-22)20-14(2)8-10-26-20/h3-6,8,10,16-17,23H,7,9,11-12H2,1-2H3,(H,21,24)/t16-,17-/m0/s1. The number of hydrogen-bond acceptors (Lipinski definition) is 4. The molecule has 0 bridgehead atoms. The molecule has 1 saturated heterocycles. The van der Waals surface area contributed by atoms with E-state index in [0.29, 0.717) is 18.7 Å². The fourth-order valence-corrected chi connectivity index (χ4v) is 4.44. The molecule has 1 aromatic heterocycles. The van der Waals surface area contributed by atoms with Gasteiger partial charge in [-0.1, -0.05) is 17.7 Å². The minimum absolute atomic E-state index is 0.0698. The molecular formula is C20H24N2O3S. The fraction of sp³-hybridized carbons (Fsp3) is 0.400. The molecular weight excluding hydrogens is 348 g/mol. The average Bonchev–Trinajstić information content (AvgIpc) is 3.02. The van der Waals surface area contributed by atoms with E-state index in [1.165, 1.54) is 10.4 Å². The monoisotopic (exact) mass is 372 g/mol. The van der Waals surface area contributed by atoms with Crippen LogP contribution in [-0.4, -0.2) is 41.0 Å². The second-order valence-electron chi connectivity index (χ2n) is 6.86. The number of aliphatic hydroxyl groups is 1. The molecule has 1 aromatic carbocycles. The van der Waals surface area contributed by atoms with Gasteiger partial charge >= 0.3 is 0 Å². The van der Waals surface area contributed by atoms with Gasteiger partial charge in [0, 0.05) is 29.6 Å². The number of thiophene rings is 1. The number of carbonyl (C=O) groups is 2. The van der Waals surface area contributed by atoms with Crippen molar-refractivity contribution in [3.05, 3.63) is 51.7 Å². The Morgan fingerprint density at radius 3 is 2.58 bits per heavy atom. The molecule has 2 amide bonds. The molecule has 2 N–H and O–H groups in total. The van der Waals surface area contributed by atoms with Gasteiger partial charge in [0.05, 0.1) is 6.10 Å². The number of benzene rings is 1. The highest BCUT2D eigenvalue weighted by molar-refractivity contribution is 7.10. The van der Waals surface area contributed by atoms with E-state index in [2.05, 4.69) is 11.4 Å². The second-order valence-corrected chi connectivity index (χ2v) is 7.81. The molecule has 26 heavy (non-hydrogen) atoms. The second kappa shape index (κ2) is 8.01. The zero-order chi connectivity index (χ0) is 18.7.